The standard InChI is InChI=1S/C15H21N3O3/c1-4-12-11(9-10(2)16-17-12)14(19)18-8-6-5-7-13(18)15(20)21-3/h9,13H,4-8H2,1-3H3. The number of nitrogens with zero attached hydrogens (tertiary/aromatic N) is 3. The number of aromatic nitrogens is 2. The van der Waals surface area contributed by atoms with Crippen LogP contribution in [0, 0.1) is 6.92 Å². The van der Waals surface area contributed by atoms with Crippen LogP contribution in [0.2, 0.25) is 0 Å². The van der Waals surface area contributed by atoms with E-state index in [1.54, 1.807) is 17.9 Å². The van der Waals surface area contributed by atoms with E-state index in [0.29, 0.717) is 36.3 Å². The first-order valence-corrected chi connectivity index (χ1v) is 7.30. The Labute approximate surface area is 124 Å². The van der Waals surface area contributed by atoms with Crippen molar-refractivity contribution in [2.24, 2.45) is 0 Å². The van der Waals surface area contributed by atoms with E-state index in [2.05, 4.69) is 10.2 Å². The summed E-state index contributed by atoms with van der Waals surface area (Å²) in [7, 11) is 1.36. The molecule has 1 atom stereocenters. The van der Waals surface area contributed by atoms with Gasteiger partial charge in [0.25, 0.3) is 5.91 Å². The van der Waals surface area contributed by atoms with E-state index in [-0.39, 0.29) is 11.9 Å². The largest absolute Gasteiger partial charge is 0.467 e. The lowest BCUT2D eigenvalue weighted by atomic mass is 10.00. The number of amides is 1. The number of likely N-dealkylation sites (tertiary alicyclic amines) is 1. The third kappa shape index (κ3) is 3.20. The van der Waals surface area contributed by atoms with Crippen molar-refractivity contribution in [3.05, 3.63) is 23.0 Å². The molecule has 6 nitrogen and oxygen atoms in total. The van der Waals surface area contributed by atoms with Gasteiger partial charge in [-0.05, 0) is 38.7 Å². The zero-order chi connectivity index (χ0) is 15.4. The minimum absolute atomic E-state index is 0.153. The molecule has 114 valence electrons. The van der Waals surface area contributed by atoms with Crippen molar-refractivity contribution in [1.29, 1.82) is 0 Å². The molecule has 1 aliphatic rings. The van der Waals surface area contributed by atoms with Crippen molar-refractivity contribution >= 4 is 11.9 Å². The Morgan fingerprint density at radius 3 is 2.81 bits per heavy atom. The van der Waals surface area contributed by atoms with Crippen molar-refractivity contribution in [2.75, 3.05) is 13.7 Å². The number of aryl methyl sites for hydroxylation is 2. The van der Waals surface area contributed by atoms with Gasteiger partial charge in [-0.1, -0.05) is 6.92 Å². The second-order valence-corrected chi connectivity index (χ2v) is 5.23. The summed E-state index contributed by atoms with van der Waals surface area (Å²) in [6, 6.07) is 1.26. The fourth-order valence-electron chi connectivity index (χ4n) is 2.67. The maximum Gasteiger partial charge on any atom is 0.328 e. The number of methoxy groups -OCH3 is 1. The number of esters is 1. The number of piperidine rings is 1. The molecule has 1 aliphatic heterocycles. The monoisotopic (exact) mass is 291 g/mol. The van der Waals surface area contributed by atoms with E-state index in [0.717, 1.165) is 12.8 Å². The summed E-state index contributed by atoms with van der Waals surface area (Å²) in [6.07, 6.45) is 3.11. The molecule has 1 aromatic rings. The lowest BCUT2D eigenvalue weighted by molar-refractivity contribution is -0.147. The van der Waals surface area contributed by atoms with Crippen LogP contribution in [0.4, 0.5) is 0 Å². The molecule has 1 saturated heterocycles. The first-order valence-electron chi connectivity index (χ1n) is 7.30. The van der Waals surface area contributed by atoms with Gasteiger partial charge in [-0.25, -0.2) is 4.79 Å². The van der Waals surface area contributed by atoms with E-state index >= 15 is 0 Å². The van der Waals surface area contributed by atoms with Crippen molar-refractivity contribution in [2.45, 2.75) is 45.6 Å². The zero-order valence-electron chi connectivity index (χ0n) is 12.8. The molecule has 0 saturated carbocycles. The van der Waals surface area contributed by atoms with Gasteiger partial charge in [0.1, 0.15) is 6.04 Å². The van der Waals surface area contributed by atoms with Crippen LogP contribution in [0.1, 0.15) is 47.9 Å². The second kappa shape index (κ2) is 6.65. The molecular weight excluding hydrogens is 270 g/mol. The number of hydrogen-bond acceptors (Lipinski definition) is 5. The SMILES string of the molecule is CCc1nnc(C)cc1C(=O)N1CCCCC1C(=O)OC. The molecule has 1 aromatic heterocycles. The molecule has 0 spiro atoms. The van der Waals surface area contributed by atoms with E-state index in [4.69, 9.17) is 4.74 Å². The number of carbonyl (C=O) groups is 2. The fourth-order valence-corrected chi connectivity index (χ4v) is 2.67. The summed E-state index contributed by atoms with van der Waals surface area (Å²) in [5.74, 6) is -0.500. The second-order valence-electron chi connectivity index (χ2n) is 5.23. The maximum atomic E-state index is 12.8. The van der Waals surface area contributed by atoms with Crippen LogP contribution in [0.15, 0.2) is 6.07 Å². The average molecular weight is 291 g/mol. The number of ether oxygens (including phenoxy) is 1. The Morgan fingerprint density at radius 1 is 1.38 bits per heavy atom. The number of carbonyl (C=O) groups excluding carboxylic acids is 2. The van der Waals surface area contributed by atoms with Crippen LogP contribution in [0.3, 0.4) is 0 Å². The highest BCUT2D eigenvalue weighted by Gasteiger charge is 2.34. The predicted molar refractivity (Wildman–Crippen MR) is 76.8 cm³/mol. The van der Waals surface area contributed by atoms with Crippen LogP contribution in [-0.4, -0.2) is 46.7 Å². The number of rotatable bonds is 3. The van der Waals surface area contributed by atoms with Gasteiger partial charge in [-0.2, -0.15) is 10.2 Å². The van der Waals surface area contributed by atoms with Crippen LogP contribution >= 0.6 is 0 Å². The third-order valence-corrected chi connectivity index (χ3v) is 3.79. The molecule has 2 heterocycles. The van der Waals surface area contributed by atoms with Gasteiger partial charge < -0.3 is 9.64 Å². The molecule has 1 unspecified atom stereocenters. The van der Waals surface area contributed by atoms with E-state index in [9.17, 15) is 9.59 Å². The normalized spacial score (nSPS) is 18.4. The van der Waals surface area contributed by atoms with E-state index < -0.39 is 6.04 Å². The summed E-state index contributed by atoms with van der Waals surface area (Å²) in [5.41, 5.74) is 1.91. The van der Waals surface area contributed by atoms with Gasteiger partial charge >= 0.3 is 5.97 Å². The first-order chi connectivity index (χ1) is 10.1. The molecule has 6 heteroatoms. The Morgan fingerprint density at radius 2 is 2.14 bits per heavy atom. The highest BCUT2D eigenvalue weighted by atomic mass is 16.5. The molecule has 0 aromatic carbocycles. The lowest BCUT2D eigenvalue weighted by Crippen LogP contribution is -2.48. The van der Waals surface area contributed by atoms with E-state index in [1.165, 1.54) is 7.11 Å². The van der Waals surface area contributed by atoms with Gasteiger partial charge in [0, 0.05) is 6.54 Å². The summed E-state index contributed by atoms with van der Waals surface area (Å²) in [6.45, 7) is 4.31. The topological polar surface area (TPSA) is 72.4 Å². The molecule has 21 heavy (non-hydrogen) atoms. The molecule has 0 N–H and O–H groups in total. The average Bonchev–Trinajstić information content (AvgIpc) is 2.53. The van der Waals surface area contributed by atoms with Crippen LogP contribution in [0.5, 0.6) is 0 Å². The highest BCUT2D eigenvalue weighted by Crippen LogP contribution is 2.22. The summed E-state index contributed by atoms with van der Waals surface area (Å²) in [5, 5.41) is 8.09. The van der Waals surface area contributed by atoms with E-state index in [1.807, 2.05) is 6.92 Å². The fraction of sp³-hybridized carbons (Fsp3) is 0.600. The molecule has 0 aliphatic carbocycles. The van der Waals surface area contributed by atoms with Crippen molar-refractivity contribution < 1.29 is 14.3 Å². The zero-order valence-corrected chi connectivity index (χ0v) is 12.8. The lowest BCUT2D eigenvalue weighted by Gasteiger charge is -2.34. The Bertz CT molecular complexity index is 545. The quantitative estimate of drug-likeness (QED) is 0.789. The number of hydrogen-bond donors (Lipinski definition) is 0. The highest BCUT2D eigenvalue weighted by molar-refractivity contribution is 5.97. The molecule has 1 fully saturated rings. The summed E-state index contributed by atoms with van der Waals surface area (Å²) >= 11 is 0. The third-order valence-electron chi connectivity index (χ3n) is 3.79. The van der Waals surface area contributed by atoms with Gasteiger partial charge in [0.15, 0.2) is 0 Å². The minimum Gasteiger partial charge on any atom is -0.467 e. The molecule has 1 amide bonds. The van der Waals surface area contributed by atoms with Crippen molar-refractivity contribution in [1.82, 2.24) is 15.1 Å². The van der Waals surface area contributed by atoms with Crippen molar-refractivity contribution in [3.8, 4) is 0 Å². The summed E-state index contributed by atoms with van der Waals surface area (Å²) < 4.78 is 4.83. The van der Waals surface area contributed by atoms with Gasteiger partial charge in [0.05, 0.1) is 24.1 Å². The van der Waals surface area contributed by atoms with Gasteiger partial charge in [0.2, 0.25) is 0 Å². The van der Waals surface area contributed by atoms with Crippen LogP contribution in [0.25, 0.3) is 0 Å². The molecule has 2 rings (SSSR count). The first kappa shape index (κ1) is 15.4. The molecular formula is C15H21N3O3. The predicted octanol–water partition coefficient (Wildman–Crippen LogP) is 1.52. The molecule has 0 bridgehead atoms. The summed E-state index contributed by atoms with van der Waals surface area (Å²) in [4.78, 5) is 26.3. The molecule has 0 radical (unpaired) electrons. The maximum absolute atomic E-state index is 12.8. The van der Waals surface area contributed by atoms with Gasteiger partial charge in [-0.3, -0.25) is 4.79 Å². The Balaban J connectivity index is 2.33. The van der Waals surface area contributed by atoms with Crippen molar-refractivity contribution in [3.63, 3.8) is 0 Å². The Hall–Kier alpha value is -1.98. The smallest absolute Gasteiger partial charge is 0.328 e. The Kier molecular flexibility index (Phi) is 4.88. The van der Waals surface area contributed by atoms with Crippen LogP contribution < -0.4 is 0 Å². The van der Waals surface area contributed by atoms with Gasteiger partial charge in [-0.15, -0.1) is 0 Å². The van der Waals surface area contributed by atoms with Crippen LogP contribution in [-0.2, 0) is 16.0 Å². The minimum atomic E-state index is -0.491.